The topological polar surface area (TPSA) is 84.6 Å². The number of hydrogen-bond acceptors (Lipinski definition) is 4. The van der Waals surface area contributed by atoms with Gasteiger partial charge >= 0.3 is 0 Å². The van der Waals surface area contributed by atoms with Crippen molar-refractivity contribution in [2.75, 3.05) is 20.3 Å². The van der Waals surface area contributed by atoms with Crippen molar-refractivity contribution in [3.8, 4) is 0 Å². The van der Waals surface area contributed by atoms with Gasteiger partial charge in [-0.15, -0.1) is 0 Å². The first kappa shape index (κ1) is 14.4. The fraction of sp³-hybridized carbons (Fsp3) is 0.917. The fourth-order valence-electron chi connectivity index (χ4n) is 2.25. The number of carbonyl (C=O) groups is 1. The van der Waals surface area contributed by atoms with Crippen LogP contribution in [-0.2, 0) is 9.53 Å². The third-order valence-electron chi connectivity index (χ3n) is 3.22. The summed E-state index contributed by atoms with van der Waals surface area (Å²) in [4.78, 5) is 11.8. The average molecular weight is 244 g/mol. The summed E-state index contributed by atoms with van der Waals surface area (Å²) in [7, 11) is 1.55. The van der Waals surface area contributed by atoms with Crippen molar-refractivity contribution in [2.45, 2.75) is 44.2 Å². The quantitative estimate of drug-likeness (QED) is 0.615. The Kier molecular flexibility index (Phi) is 6.47. The predicted octanol–water partition coefficient (Wildman–Crippen LogP) is 0.0175. The molecule has 17 heavy (non-hydrogen) atoms. The van der Waals surface area contributed by atoms with Gasteiger partial charge in [0.05, 0.1) is 12.7 Å². The number of nitrogens with one attached hydrogen (secondary N) is 1. The van der Waals surface area contributed by atoms with Crippen molar-refractivity contribution < 1.29 is 14.6 Å². The van der Waals surface area contributed by atoms with Gasteiger partial charge in [0, 0.05) is 25.6 Å². The fourth-order valence-corrected chi connectivity index (χ4v) is 2.25. The molecule has 4 N–H and O–H groups in total. The van der Waals surface area contributed by atoms with Gasteiger partial charge < -0.3 is 20.9 Å². The molecule has 0 aromatic carbocycles. The molecule has 1 rings (SSSR count). The molecular weight excluding hydrogens is 220 g/mol. The maximum Gasteiger partial charge on any atom is 0.223 e. The molecule has 0 spiro atoms. The lowest BCUT2D eigenvalue weighted by molar-refractivity contribution is -0.126. The lowest BCUT2D eigenvalue weighted by Crippen LogP contribution is -2.38. The molecule has 3 atom stereocenters. The maximum absolute atomic E-state index is 11.8. The normalized spacial score (nSPS) is 26.5. The number of nitrogens with two attached hydrogens (primary N) is 1. The molecule has 5 nitrogen and oxygen atoms in total. The van der Waals surface area contributed by atoms with E-state index < -0.39 is 6.10 Å². The Balaban J connectivity index is 2.16. The van der Waals surface area contributed by atoms with Crippen molar-refractivity contribution in [2.24, 2.45) is 11.7 Å². The Morgan fingerprint density at radius 1 is 1.59 bits per heavy atom. The molecule has 0 aromatic heterocycles. The number of aliphatic hydroxyl groups excluding tert-OH is 1. The van der Waals surface area contributed by atoms with Gasteiger partial charge in [-0.1, -0.05) is 6.42 Å². The van der Waals surface area contributed by atoms with Crippen molar-refractivity contribution in [3.63, 3.8) is 0 Å². The molecule has 0 aromatic rings. The van der Waals surface area contributed by atoms with Crippen molar-refractivity contribution in [3.05, 3.63) is 0 Å². The lowest BCUT2D eigenvalue weighted by Gasteiger charge is -2.25. The average Bonchev–Trinajstić information content (AvgIpc) is 2.29. The molecular formula is C12H24N2O3. The third-order valence-corrected chi connectivity index (χ3v) is 3.22. The van der Waals surface area contributed by atoms with E-state index in [1.165, 1.54) is 0 Å². The zero-order valence-corrected chi connectivity index (χ0v) is 10.5. The summed E-state index contributed by atoms with van der Waals surface area (Å²) in [6.45, 7) is 0.805. The number of aliphatic hydroxyl groups is 1. The van der Waals surface area contributed by atoms with Crippen LogP contribution < -0.4 is 11.1 Å². The van der Waals surface area contributed by atoms with E-state index in [9.17, 15) is 9.90 Å². The van der Waals surface area contributed by atoms with Crippen molar-refractivity contribution in [1.82, 2.24) is 5.32 Å². The summed E-state index contributed by atoms with van der Waals surface area (Å²) in [6, 6.07) is 0.165. The van der Waals surface area contributed by atoms with E-state index in [4.69, 9.17) is 10.5 Å². The van der Waals surface area contributed by atoms with Crippen molar-refractivity contribution >= 4 is 5.91 Å². The summed E-state index contributed by atoms with van der Waals surface area (Å²) in [6.07, 6.45) is 3.79. The molecule has 0 saturated heterocycles. The van der Waals surface area contributed by atoms with Crippen LogP contribution in [0.2, 0.25) is 0 Å². The van der Waals surface area contributed by atoms with E-state index >= 15 is 0 Å². The zero-order chi connectivity index (χ0) is 12.7. The van der Waals surface area contributed by atoms with Crippen LogP contribution in [0.3, 0.4) is 0 Å². The van der Waals surface area contributed by atoms with E-state index in [0.29, 0.717) is 19.6 Å². The van der Waals surface area contributed by atoms with Gasteiger partial charge in [-0.25, -0.2) is 0 Å². The summed E-state index contributed by atoms with van der Waals surface area (Å²) >= 11 is 0. The highest BCUT2D eigenvalue weighted by Crippen LogP contribution is 2.22. The maximum atomic E-state index is 11.8. The third kappa shape index (κ3) is 5.48. The molecule has 3 unspecified atom stereocenters. The molecule has 1 amide bonds. The highest BCUT2D eigenvalue weighted by atomic mass is 16.5. The molecule has 0 bridgehead atoms. The number of ether oxygens (including phenoxy) is 1. The first-order valence-corrected chi connectivity index (χ1v) is 6.33. The second-order valence-corrected chi connectivity index (χ2v) is 4.81. The smallest absolute Gasteiger partial charge is 0.223 e. The number of hydrogen-bond donors (Lipinski definition) is 3. The first-order valence-electron chi connectivity index (χ1n) is 6.33. The summed E-state index contributed by atoms with van der Waals surface area (Å²) in [5.74, 6) is 0.128. The van der Waals surface area contributed by atoms with Crippen molar-refractivity contribution in [1.29, 1.82) is 0 Å². The molecule has 1 saturated carbocycles. The summed E-state index contributed by atoms with van der Waals surface area (Å²) < 4.78 is 4.81. The van der Waals surface area contributed by atoms with Crippen LogP contribution in [0.4, 0.5) is 0 Å². The van der Waals surface area contributed by atoms with Gasteiger partial charge in [-0.2, -0.15) is 0 Å². The Morgan fingerprint density at radius 2 is 2.35 bits per heavy atom. The molecule has 0 aliphatic heterocycles. The zero-order valence-electron chi connectivity index (χ0n) is 10.5. The van der Waals surface area contributed by atoms with Crippen LogP contribution in [0.25, 0.3) is 0 Å². The van der Waals surface area contributed by atoms with E-state index in [1.807, 2.05) is 0 Å². The van der Waals surface area contributed by atoms with Crippen LogP contribution in [0, 0.1) is 5.92 Å². The number of amides is 1. The largest absolute Gasteiger partial charge is 0.391 e. The summed E-state index contributed by atoms with van der Waals surface area (Å²) in [5.41, 5.74) is 5.84. The summed E-state index contributed by atoms with van der Waals surface area (Å²) in [5, 5.41) is 12.3. The lowest BCUT2D eigenvalue weighted by atomic mass is 9.85. The molecule has 0 heterocycles. The Bertz CT molecular complexity index is 236. The molecule has 0 radical (unpaired) electrons. The number of carbonyl (C=O) groups excluding carboxylic acids is 1. The van der Waals surface area contributed by atoms with Crippen LogP contribution in [0.5, 0.6) is 0 Å². The molecule has 1 aliphatic rings. The molecule has 100 valence electrons. The highest BCUT2D eigenvalue weighted by Gasteiger charge is 2.24. The number of rotatable bonds is 6. The van der Waals surface area contributed by atoms with Gasteiger partial charge in [0.15, 0.2) is 0 Å². The van der Waals surface area contributed by atoms with E-state index in [1.54, 1.807) is 7.11 Å². The Hall–Kier alpha value is -0.650. The predicted molar refractivity (Wildman–Crippen MR) is 65.4 cm³/mol. The van der Waals surface area contributed by atoms with Gasteiger partial charge in [0.1, 0.15) is 0 Å². The minimum Gasteiger partial charge on any atom is -0.391 e. The van der Waals surface area contributed by atoms with Gasteiger partial charge in [-0.3, -0.25) is 4.79 Å². The van der Waals surface area contributed by atoms with E-state index in [-0.39, 0.29) is 17.9 Å². The molecule has 1 aliphatic carbocycles. The van der Waals surface area contributed by atoms with Crippen LogP contribution in [0.1, 0.15) is 32.1 Å². The number of methoxy groups -OCH3 is 1. The Morgan fingerprint density at radius 3 is 3.00 bits per heavy atom. The van der Waals surface area contributed by atoms with E-state index in [2.05, 4.69) is 5.32 Å². The van der Waals surface area contributed by atoms with E-state index in [0.717, 1.165) is 25.7 Å². The van der Waals surface area contributed by atoms with Crippen LogP contribution >= 0.6 is 0 Å². The standard InChI is InChI=1S/C12H24N2O3/c1-17-8-11(15)5-6-14-12(16)9-3-2-4-10(13)7-9/h9-11,15H,2-8,13H2,1H3,(H,14,16). The van der Waals surface area contributed by atoms with Gasteiger partial charge in [0.25, 0.3) is 0 Å². The Labute approximate surface area is 103 Å². The van der Waals surface area contributed by atoms with Gasteiger partial charge in [0.2, 0.25) is 5.91 Å². The monoisotopic (exact) mass is 244 g/mol. The van der Waals surface area contributed by atoms with Gasteiger partial charge in [-0.05, 0) is 25.7 Å². The molecule has 5 heteroatoms. The van der Waals surface area contributed by atoms with Crippen LogP contribution in [0.15, 0.2) is 0 Å². The first-order chi connectivity index (χ1) is 8.13. The van der Waals surface area contributed by atoms with Crippen LogP contribution in [-0.4, -0.2) is 43.4 Å². The molecule has 1 fully saturated rings. The SMILES string of the molecule is COCC(O)CCNC(=O)C1CCCC(N)C1. The highest BCUT2D eigenvalue weighted by molar-refractivity contribution is 5.78. The minimum absolute atomic E-state index is 0.0540. The minimum atomic E-state index is -0.506. The second kappa shape index (κ2) is 7.63. The second-order valence-electron chi connectivity index (χ2n) is 4.81.